The molecule has 5 rings (SSSR count). The van der Waals surface area contributed by atoms with E-state index in [1.807, 2.05) is 41.9 Å². The van der Waals surface area contributed by atoms with E-state index in [2.05, 4.69) is 47.3 Å². The summed E-state index contributed by atoms with van der Waals surface area (Å²) in [6.07, 6.45) is 1.84. The van der Waals surface area contributed by atoms with Crippen LogP contribution in [0.2, 0.25) is 0 Å². The molecular formula is C22H23N7OS. The highest BCUT2D eigenvalue weighted by Gasteiger charge is 2.29. The van der Waals surface area contributed by atoms with E-state index in [0.717, 1.165) is 21.8 Å². The van der Waals surface area contributed by atoms with Gasteiger partial charge in [-0.15, -0.1) is 16.4 Å². The number of thiophene rings is 1. The number of anilines is 1. The van der Waals surface area contributed by atoms with E-state index in [0.29, 0.717) is 25.0 Å². The van der Waals surface area contributed by atoms with Crippen LogP contribution < -0.4 is 4.90 Å². The Morgan fingerprint density at radius 3 is 2.55 bits per heavy atom. The maximum absolute atomic E-state index is 5.68. The van der Waals surface area contributed by atoms with Crippen molar-refractivity contribution in [2.24, 2.45) is 0 Å². The number of aryl methyl sites for hydroxylation is 1. The van der Waals surface area contributed by atoms with E-state index in [9.17, 15) is 0 Å². The summed E-state index contributed by atoms with van der Waals surface area (Å²) in [4.78, 5) is 13.0. The van der Waals surface area contributed by atoms with Crippen molar-refractivity contribution in [3.63, 3.8) is 0 Å². The van der Waals surface area contributed by atoms with Crippen molar-refractivity contribution < 1.29 is 4.74 Å². The Labute approximate surface area is 184 Å². The van der Waals surface area contributed by atoms with Gasteiger partial charge in [0.2, 0.25) is 5.95 Å². The zero-order valence-electron chi connectivity index (χ0n) is 17.6. The Morgan fingerprint density at radius 1 is 1.06 bits per heavy atom. The smallest absolute Gasteiger partial charge is 0.226 e. The van der Waals surface area contributed by atoms with Gasteiger partial charge in [0.25, 0.3) is 0 Å². The Kier molecular flexibility index (Phi) is 5.21. The first kappa shape index (κ1) is 19.8. The molecule has 0 unspecified atom stereocenters. The van der Waals surface area contributed by atoms with Crippen molar-refractivity contribution in [2.75, 3.05) is 18.1 Å². The lowest BCUT2D eigenvalue weighted by atomic mass is 10.1. The summed E-state index contributed by atoms with van der Waals surface area (Å²) in [7, 11) is 0. The van der Waals surface area contributed by atoms with Gasteiger partial charge in [-0.25, -0.2) is 9.97 Å². The first-order valence-electron chi connectivity index (χ1n) is 10.2. The summed E-state index contributed by atoms with van der Waals surface area (Å²) in [5, 5.41) is 14.5. The highest BCUT2D eigenvalue weighted by atomic mass is 32.1. The molecule has 1 aliphatic heterocycles. The molecule has 3 aromatic heterocycles. The second kappa shape index (κ2) is 8.16. The van der Waals surface area contributed by atoms with E-state index in [4.69, 9.17) is 14.7 Å². The first-order valence-corrected chi connectivity index (χ1v) is 11.1. The third-order valence-corrected chi connectivity index (χ3v) is 6.29. The lowest BCUT2D eigenvalue weighted by Crippen LogP contribution is -2.50. The maximum Gasteiger partial charge on any atom is 0.226 e. The number of morpholine rings is 1. The van der Waals surface area contributed by atoms with Gasteiger partial charge in [0.15, 0.2) is 5.82 Å². The molecule has 0 spiro atoms. The number of hydrogen-bond donors (Lipinski definition) is 0. The van der Waals surface area contributed by atoms with Gasteiger partial charge in [-0.3, -0.25) is 0 Å². The Hall–Kier alpha value is -3.17. The summed E-state index contributed by atoms with van der Waals surface area (Å²) >= 11 is 1.64. The largest absolute Gasteiger partial charge is 0.377 e. The van der Waals surface area contributed by atoms with Crippen molar-refractivity contribution in [1.82, 2.24) is 30.2 Å². The van der Waals surface area contributed by atoms with Gasteiger partial charge < -0.3 is 9.64 Å². The molecule has 0 radical (unpaired) electrons. The lowest BCUT2D eigenvalue weighted by Gasteiger charge is -2.38. The monoisotopic (exact) mass is 433 g/mol. The molecule has 1 fully saturated rings. The van der Waals surface area contributed by atoms with Crippen molar-refractivity contribution in [3.8, 4) is 27.6 Å². The number of tetrazole rings is 1. The Morgan fingerprint density at radius 2 is 1.84 bits per heavy atom. The summed E-state index contributed by atoms with van der Waals surface area (Å²) in [5.74, 6) is 1.31. The molecule has 1 saturated heterocycles. The highest BCUT2D eigenvalue weighted by molar-refractivity contribution is 7.13. The number of benzene rings is 1. The average Bonchev–Trinajstić information content (AvgIpc) is 3.47. The summed E-state index contributed by atoms with van der Waals surface area (Å²) < 4.78 is 7.41. The molecule has 4 aromatic rings. The van der Waals surface area contributed by atoms with E-state index in [1.54, 1.807) is 16.0 Å². The quantitative estimate of drug-likeness (QED) is 0.484. The van der Waals surface area contributed by atoms with Crippen LogP contribution in [0.15, 0.2) is 48.0 Å². The molecule has 0 N–H and O–H groups in total. The molecule has 9 heteroatoms. The van der Waals surface area contributed by atoms with E-state index in [-0.39, 0.29) is 12.1 Å². The molecule has 0 aliphatic carbocycles. The number of ether oxygens (including phenoxy) is 1. The fourth-order valence-corrected chi connectivity index (χ4v) is 4.60. The molecule has 2 atom stereocenters. The van der Waals surface area contributed by atoms with Crippen LogP contribution in [0.3, 0.4) is 0 Å². The summed E-state index contributed by atoms with van der Waals surface area (Å²) in [6, 6.07) is 12.6. The zero-order valence-corrected chi connectivity index (χ0v) is 18.5. The Balaban J connectivity index is 1.64. The van der Waals surface area contributed by atoms with Crippen LogP contribution in [0.4, 0.5) is 5.95 Å². The topological polar surface area (TPSA) is 81.9 Å². The standard InChI is InChI=1S/C22H23N7OS/c1-14-6-8-17(9-7-14)29-21(25-26-27-29)18-11-23-22(24-20(18)19-5-4-10-31-19)28-15(2)12-30-13-16(28)3/h4-11,15-16H,12-13H2,1-3H3/t15-,16+. The molecule has 31 heavy (non-hydrogen) atoms. The van der Waals surface area contributed by atoms with Gasteiger partial charge in [0.1, 0.15) is 0 Å². The minimum absolute atomic E-state index is 0.198. The SMILES string of the molecule is Cc1ccc(-n2nnnc2-c2cnc(N3[C@H](C)COC[C@@H]3C)nc2-c2cccs2)cc1. The molecule has 0 amide bonds. The van der Waals surface area contributed by atoms with Gasteiger partial charge in [-0.1, -0.05) is 23.8 Å². The molecule has 4 heterocycles. The Bertz CT molecular complexity index is 1160. The third-order valence-electron chi connectivity index (χ3n) is 5.42. The van der Waals surface area contributed by atoms with E-state index < -0.39 is 0 Å². The van der Waals surface area contributed by atoms with Crippen molar-refractivity contribution in [3.05, 3.63) is 53.5 Å². The van der Waals surface area contributed by atoms with Crippen LogP contribution in [0, 0.1) is 6.92 Å². The van der Waals surface area contributed by atoms with Crippen LogP contribution in [-0.4, -0.2) is 55.5 Å². The first-order chi connectivity index (χ1) is 15.1. The number of rotatable bonds is 4. The molecule has 158 valence electrons. The molecule has 1 aromatic carbocycles. The van der Waals surface area contributed by atoms with Crippen LogP contribution in [0.25, 0.3) is 27.6 Å². The predicted molar refractivity (Wildman–Crippen MR) is 120 cm³/mol. The van der Waals surface area contributed by atoms with Crippen LogP contribution >= 0.6 is 11.3 Å². The van der Waals surface area contributed by atoms with Gasteiger partial charge in [-0.05, 0) is 54.8 Å². The third kappa shape index (κ3) is 3.70. The molecular weight excluding hydrogens is 410 g/mol. The van der Waals surface area contributed by atoms with Crippen molar-refractivity contribution in [2.45, 2.75) is 32.9 Å². The summed E-state index contributed by atoms with van der Waals surface area (Å²) in [6.45, 7) is 7.65. The normalized spacial score (nSPS) is 19.0. The number of hydrogen-bond acceptors (Lipinski definition) is 8. The van der Waals surface area contributed by atoms with Crippen LogP contribution in [0.1, 0.15) is 19.4 Å². The zero-order chi connectivity index (χ0) is 21.4. The average molecular weight is 434 g/mol. The highest BCUT2D eigenvalue weighted by Crippen LogP contribution is 2.34. The number of nitrogens with zero attached hydrogens (tertiary/aromatic N) is 7. The number of aromatic nitrogens is 6. The van der Waals surface area contributed by atoms with Crippen molar-refractivity contribution in [1.29, 1.82) is 0 Å². The maximum atomic E-state index is 5.68. The minimum Gasteiger partial charge on any atom is -0.377 e. The predicted octanol–water partition coefficient (Wildman–Crippen LogP) is 3.77. The van der Waals surface area contributed by atoms with Crippen molar-refractivity contribution >= 4 is 17.3 Å². The van der Waals surface area contributed by atoms with Gasteiger partial charge in [0.05, 0.1) is 47.1 Å². The molecule has 1 aliphatic rings. The van der Waals surface area contributed by atoms with Gasteiger partial charge in [0, 0.05) is 6.20 Å². The fraction of sp³-hybridized carbons (Fsp3) is 0.318. The van der Waals surface area contributed by atoms with Crippen LogP contribution in [0.5, 0.6) is 0 Å². The molecule has 0 bridgehead atoms. The molecule has 0 saturated carbocycles. The van der Waals surface area contributed by atoms with Gasteiger partial charge >= 0.3 is 0 Å². The second-order valence-corrected chi connectivity index (χ2v) is 8.75. The minimum atomic E-state index is 0.198. The van der Waals surface area contributed by atoms with Gasteiger partial charge in [-0.2, -0.15) is 4.68 Å². The summed E-state index contributed by atoms with van der Waals surface area (Å²) in [5.41, 5.74) is 3.70. The van der Waals surface area contributed by atoms with E-state index in [1.165, 1.54) is 5.56 Å². The molecule has 8 nitrogen and oxygen atoms in total. The van der Waals surface area contributed by atoms with Crippen LogP contribution in [-0.2, 0) is 4.74 Å². The fourth-order valence-electron chi connectivity index (χ4n) is 3.88. The lowest BCUT2D eigenvalue weighted by molar-refractivity contribution is 0.0747. The van der Waals surface area contributed by atoms with E-state index >= 15 is 0 Å². The second-order valence-electron chi connectivity index (χ2n) is 7.80.